The van der Waals surface area contributed by atoms with Crippen LogP contribution in [0.2, 0.25) is 0 Å². The molecular weight excluding hydrogens is 152 g/mol. The fourth-order valence-electron chi connectivity index (χ4n) is 1.35. The van der Waals surface area contributed by atoms with Gasteiger partial charge in [-0.2, -0.15) is 0 Å². The maximum atomic E-state index is 7.00. The zero-order valence-corrected chi connectivity index (χ0v) is 8.58. The van der Waals surface area contributed by atoms with E-state index in [1.54, 1.807) is 0 Å². The van der Waals surface area contributed by atoms with Crippen LogP contribution in [0.3, 0.4) is 0 Å². The summed E-state index contributed by atoms with van der Waals surface area (Å²) in [4.78, 5) is 4.79. The van der Waals surface area contributed by atoms with Crippen molar-refractivity contribution in [1.82, 2.24) is 9.80 Å². The van der Waals surface area contributed by atoms with E-state index < -0.39 is 0 Å². The van der Waals surface area contributed by atoms with Gasteiger partial charge >= 0.3 is 0 Å². The van der Waals surface area contributed by atoms with Gasteiger partial charge in [-0.1, -0.05) is 0 Å². The lowest BCUT2D eigenvalue weighted by Gasteiger charge is -2.17. The number of aliphatic hydroxyl groups is 1. The standard InChI is InChI=1S/C8H18N2.CH4O/c1-9(2)7-8-10-5-3-4-6-10;1-2/h3-8H2,1-2H3;2H,1H3. The van der Waals surface area contributed by atoms with Gasteiger partial charge in [-0.15, -0.1) is 0 Å². The van der Waals surface area contributed by atoms with E-state index >= 15 is 0 Å². The molecule has 3 heteroatoms. The second-order valence-corrected chi connectivity index (χ2v) is 3.35. The van der Waals surface area contributed by atoms with Gasteiger partial charge < -0.3 is 14.9 Å². The minimum absolute atomic E-state index is 1.00. The lowest BCUT2D eigenvalue weighted by Crippen LogP contribution is -2.29. The summed E-state index contributed by atoms with van der Waals surface area (Å²) in [6, 6.07) is 0. The van der Waals surface area contributed by atoms with Gasteiger partial charge in [0.15, 0.2) is 0 Å². The van der Waals surface area contributed by atoms with Crippen molar-refractivity contribution in [2.45, 2.75) is 12.8 Å². The third-order valence-electron chi connectivity index (χ3n) is 2.06. The maximum Gasteiger partial charge on any atom is 0.0319 e. The minimum Gasteiger partial charge on any atom is -0.400 e. The summed E-state index contributed by atoms with van der Waals surface area (Å²) in [5, 5.41) is 7.00. The Labute approximate surface area is 76.0 Å². The van der Waals surface area contributed by atoms with Gasteiger partial charge in [0.1, 0.15) is 0 Å². The smallest absolute Gasteiger partial charge is 0.0319 e. The second kappa shape index (κ2) is 7.53. The molecule has 3 nitrogen and oxygen atoms in total. The molecule has 0 aromatic heterocycles. The molecule has 0 radical (unpaired) electrons. The highest BCUT2D eigenvalue weighted by Gasteiger charge is 2.10. The largest absolute Gasteiger partial charge is 0.400 e. The van der Waals surface area contributed by atoms with Crippen LogP contribution in [0.25, 0.3) is 0 Å². The summed E-state index contributed by atoms with van der Waals surface area (Å²) in [5.41, 5.74) is 0. The molecule has 0 aromatic carbocycles. The molecule has 1 rings (SSSR count). The first kappa shape index (κ1) is 11.9. The first-order valence-electron chi connectivity index (χ1n) is 4.61. The summed E-state index contributed by atoms with van der Waals surface area (Å²) in [6.45, 7) is 5.12. The molecule has 0 aromatic rings. The van der Waals surface area contributed by atoms with Crippen LogP contribution in [0, 0.1) is 0 Å². The third-order valence-corrected chi connectivity index (χ3v) is 2.06. The molecule has 1 fully saturated rings. The Morgan fingerprint density at radius 2 is 1.67 bits per heavy atom. The zero-order chi connectivity index (χ0) is 9.40. The molecule has 1 heterocycles. The molecule has 0 aliphatic carbocycles. The predicted molar refractivity (Wildman–Crippen MR) is 52.4 cm³/mol. The Morgan fingerprint density at radius 1 is 1.17 bits per heavy atom. The molecule has 1 N–H and O–H groups in total. The van der Waals surface area contributed by atoms with Crippen LogP contribution in [0.4, 0.5) is 0 Å². The molecular formula is C9H22N2O. The zero-order valence-electron chi connectivity index (χ0n) is 8.58. The highest BCUT2D eigenvalue weighted by Crippen LogP contribution is 2.05. The SMILES string of the molecule is CN(C)CCN1CCCC1.CO. The van der Waals surface area contributed by atoms with E-state index in [2.05, 4.69) is 23.9 Å². The van der Waals surface area contributed by atoms with Crippen LogP contribution in [-0.4, -0.2) is 62.3 Å². The van der Waals surface area contributed by atoms with Gasteiger partial charge in [0, 0.05) is 20.2 Å². The lowest BCUT2D eigenvalue weighted by molar-refractivity contribution is 0.284. The predicted octanol–water partition coefficient (Wildman–Crippen LogP) is 0.252. The number of hydrogen-bond acceptors (Lipinski definition) is 3. The topological polar surface area (TPSA) is 26.7 Å². The lowest BCUT2D eigenvalue weighted by atomic mass is 10.4. The van der Waals surface area contributed by atoms with E-state index in [4.69, 9.17) is 5.11 Å². The van der Waals surface area contributed by atoms with Gasteiger partial charge in [-0.25, -0.2) is 0 Å². The second-order valence-electron chi connectivity index (χ2n) is 3.35. The van der Waals surface area contributed by atoms with Crippen LogP contribution in [0.15, 0.2) is 0 Å². The fraction of sp³-hybridized carbons (Fsp3) is 1.00. The maximum absolute atomic E-state index is 7.00. The fourth-order valence-corrected chi connectivity index (χ4v) is 1.35. The number of aliphatic hydroxyl groups excluding tert-OH is 1. The first-order chi connectivity index (χ1) is 5.79. The van der Waals surface area contributed by atoms with Crippen LogP contribution >= 0.6 is 0 Å². The molecule has 0 saturated carbocycles. The Kier molecular flexibility index (Phi) is 7.45. The molecule has 12 heavy (non-hydrogen) atoms. The molecule has 0 unspecified atom stereocenters. The van der Waals surface area contributed by atoms with E-state index in [0.717, 1.165) is 7.11 Å². The van der Waals surface area contributed by atoms with Crippen molar-refractivity contribution in [3.8, 4) is 0 Å². The number of likely N-dealkylation sites (N-methyl/N-ethyl adjacent to an activating group) is 1. The average Bonchev–Trinajstić information content (AvgIpc) is 2.56. The number of hydrogen-bond donors (Lipinski definition) is 1. The van der Waals surface area contributed by atoms with Crippen molar-refractivity contribution in [2.24, 2.45) is 0 Å². The molecule has 0 spiro atoms. The Bertz CT molecular complexity index is 90.5. The summed E-state index contributed by atoms with van der Waals surface area (Å²) >= 11 is 0. The molecule has 0 bridgehead atoms. The Morgan fingerprint density at radius 3 is 2.08 bits per heavy atom. The molecule has 74 valence electrons. The van der Waals surface area contributed by atoms with Gasteiger partial charge in [-0.3, -0.25) is 0 Å². The van der Waals surface area contributed by atoms with E-state index in [0.29, 0.717) is 0 Å². The summed E-state index contributed by atoms with van der Waals surface area (Å²) < 4.78 is 0. The van der Waals surface area contributed by atoms with Crippen molar-refractivity contribution in [1.29, 1.82) is 0 Å². The Hall–Kier alpha value is -0.120. The van der Waals surface area contributed by atoms with Crippen LogP contribution < -0.4 is 0 Å². The van der Waals surface area contributed by atoms with Crippen molar-refractivity contribution in [3.05, 3.63) is 0 Å². The van der Waals surface area contributed by atoms with Crippen LogP contribution in [-0.2, 0) is 0 Å². The molecule has 1 aliphatic rings. The minimum atomic E-state index is 1.00. The van der Waals surface area contributed by atoms with E-state index in [1.807, 2.05) is 0 Å². The van der Waals surface area contributed by atoms with Gasteiger partial charge in [0.25, 0.3) is 0 Å². The van der Waals surface area contributed by atoms with Gasteiger partial charge in [0.05, 0.1) is 0 Å². The van der Waals surface area contributed by atoms with Crippen molar-refractivity contribution < 1.29 is 5.11 Å². The monoisotopic (exact) mass is 174 g/mol. The van der Waals surface area contributed by atoms with Crippen LogP contribution in [0.1, 0.15) is 12.8 Å². The summed E-state index contributed by atoms with van der Waals surface area (Å²) in [7, 11) is 5.27. The van der Waals surface area contributed by atoms with E-state index in [1.165, 1.54) is 39.0 Å². The van der Waals surface area contributed by atoms with Gasteiger partial charge in [-0.05, 0) is 40.0 Å². The van der Waals surface area contributed by atoms with Crippen LogP contribution in [0.5, 0.6) is 0 Å². The number of nitrogens with zero attached hydrogens (tertiary/aromatic N) is 2. The number of likely N-dealkylation sites (tertiary alicyclic amines) is 1. The quantitative estimate of drug-likeness (QED) is 0.664. The molecule has 0 atom stereocenters. The van der Waals surface area contributed by atoms with E-state index in [9.17, 15) is 0 Å². The Balaban J connectivity index is 0.000000561. The highest BCUT2D eigenvalue weighted by molar-refractivity contribution is 4.66. The highest BCUT2D eigenvalue weighted by atomic mass is 16.2. The molecule has 1 saturated heterocycles. The van der Waals surface area contributed by atoms with Gasteiger partial charge in [0.2, 0.25) is 0 Å². The van der Waals surface area contributed by atoms with E-state index in [-0.39, 0.29) is 0 Å². The first-order valence-corrected chi connectivity index (χ1v) is 4.61. The summed E-state index contributed by atoms with van der Waals surface area (Å²) in [5.74, 6) is 0. The number of rotatable bonds is 3. The van der Waals surface area contributed by atoms with Crippen molar-refractivity contribution in [2.75, 3.05) is 47.4 Å². The normalized spacial score (nSPS) is 17.8. The van der Waals surface area contributed by atoms with Crippen molar-refractivity contribution >= 4 is 0 Å². The van der Waals surface area contributed by atoms with Crippen molar-refractivity contribution in [3.63, 3.8) is 0 Å². The molecule has 0 amide bonds. The average molecular weight is 174 g/mol. The molecule has 1 aliphatic heterocycles. The summed E-state index contributed by atoms with van der Waals surface area (Å²) in [6.07, 6.45) is 2.82. The third kappa shape index (κ3) is 5.52.